The summed E-state index contributed by atoms with van der Waals surface area (Å²) in [6, 6.07) is 0.870. The second kappa shape index (κ2) is 2.45. The summed E-state index contributed by atoms with van der Waals surface area (Å²) in [5.74, 6) is 0. The Bertz CT molecular complexity index is 434. The van der Waals surface area contributed by atoms with Crippen LogP contribution < -0.4 is 0 Å². The Morgan fingerprint density at radius 2 is 2.00 bits per heavy atom. The number of aromatic nitrogens is 2. The van der Waals surface area contributed by atoms with E-state index in [1.165, 1.54) is 0 Å². The van der Waals surface area contributed by atoms with Crippen molar-refractivity contribution in [2.45, 2.75) is 6.18 Å². The zero-order valence-corrected chi connectivity index (χ0v) is 6.17. The summed E-state index contributed by atoms with van der Waals surface area (Å²) in [4.78, 5) is 7.08. The zero-order chi connectivity index (χ0) is 9.47. The molecular weight excluding hydrogens is 185 g/mol. The number of halogens is 3. The first-order valence-corrected chi connectivity index (χ1v) is 3.34. The van der Waals surface area contributed by atoms with Crippen molar-refractivity contribution in [1.29, 1.82) is 0 Å². The van der Waals surface area contributed by atoms with E-state index in [9.17, 15) is 13.2 Å². The molecule has 0 radical (unpaired) electrons. The van der Waals surface area contributed by atoms with Crippen molar-refractivity contribution in [3.63, 3.8) is 0 Å². The molecule has 2 rings (SSSR count). The fourth-order valence-electron chi connectivity index (χ4n) is 0.909. The molecule has 13 heavy (non-hydrogen) atoms. The van der Waals surface area contributed by atoms with Gasteiger partial charge in [-0.25, -0.2) is 4.98 Å². The average molecular weight is 188 g/mol. The molecule has 2 aromatic rings. The fraction of sp³-hybridized carbons (Fsp3) is 0.143. The maximum atomic E-state index is 12.1. The Morgan fingerprint density at radius 1 is 1.23 bits per heavy atom. The molecule has 2 heterocycles. The molecule has 0 aliphatic carbocycles. The number of fused-ring (bicyclic) bond motifs is 1. The molecule has 0 aliphatic rings. The lowest BCUT2D eigenvalue weighted by Gasteiger charge is -2.03. The van der Waals surface area contributed by atoms with Gasteiger partial charge in [-0.2, -0.15) is 18.2 Å². The highest BCUT2D eigenvalue weighted by atomic mass is 19.4. The molecule has 0 spiro atoms. The molecule has 0 N–H and O–H groups in total. The number of alkyl halides is 3. The molecule has 0 bridgehead atoms. The quantitative estimate of drug-likeness (QED) is 0.636. The molecule has 68 valence electrons. The van der Waals surface area contributed by atoms with Crippen molar-refractivity contribution in [3.8, 4) is 0 Å². The van der Waals surface area contributed by atoms with Crippen LogP contribution in [0.2, 0.25) is 0 Å². The Kier molecular flexibility index (Phi) is 1.51. The van der Waals surface area contributed by atoms with Gasteiger partial charge < -0.3 is 4.42 Å². The van der Waals surface area contributed by atoms with Gasteiger partial charge in [0.25, 0.3) is 0 Å². The van der Waals surface area contributed by atoms with Gasteiger partial charge >= 0.3 is 6.18 Å². The van der Waals surface area contributed by atoms with Gasteiger partial charge in [-0.15, -0.1) is 0 Å². The Hall–Kier alpha value is -1.59. The largest absolute Gasteiger partial charge is 0.442 e. The monoisotopic (exact) mass is 188 g/mol. The summed E-state index contributed by atoms with van der Waals surface area (Å²) in [6.45, 7) is 0. The van der Waals surface area contributed by atoms with Gasteiger partial charge in [-0.3, -0.25) is 0 Å². The molecule has 0 aliphatic heterocycles. The highest BCUT2D eigenvalue weighted by molar-refractivity contribution is 5.67. The Labute approximate surface area is 70.2 Å². The van der Waals surface area contributed by atoms with Crippen LogP contribution in [0.15, 0.2) is 23.1 Å². The van der Waals surface area contributed by atoms with E-state index in [1.54, 1.807) is 0 Å². The third-order valence-corrected chi connectivity index (χ3v) is 1.51. The second-order valence-electron chi connectivity index (χ2n) is 2.40. The van der Waals surface area contributed by atoms with Gasteiger partial charge in [0.2, 0.25) is 0 Å². The van der Waals surface area contributed by atoms with Crippen LogP contribution in [0.3, 0.4) is 0 Å². The van der Waals surface area contributed by atoms with Crippen molar-refractivity contribution in [2.24, 2.45) is 0 Å². The van der Waals surface area contributed by atoms with E-state index in [0.717, 1.165) is 18.7 Å². The van der Waals surface area contributed by atoms with Gasteiger partial charge in [-0.05, 0) is 6.07 Å². The van der Waals surface area contributed by atoms with Crippen molar-refractivity contribution >= 4 is 11.2 Å². The first kappa shape index (κ1) is 8.03. The maximum absolute atomic E-state index is 12.1. The molecule has 0 fully saturated rings. The lowest BCUT2D eigenvalue weighted by molar-refractivity contribution is -0.137. The van der Waals surface area contributed by atoms with E-state index in [2.05, 4.69) is 14.4 Å². The number of pyridine rings is 1. The molecule has 0 amide bonds. The van der Waals surface area contributed by atoms with Crippen molar-refractivity contribution in [1.82, 2.24) is 9.97 Å². The van der Waals surface area contributed by atoms with E-state index in [4.69, 9.17) is 0 Å². The van der Waals surface area contributed by atoms with Crippen LogP contribution in [0.1, 0.15) is 5.56 Å². The van der Waals surface area contributed by atoms with Gasteiger partial charge in [0.15, 0.2) is 17.6 Å². The summed E-state index contributed by atoms with van der Waals surface area (Å²) < 4.78 is 41.0. The van der Waals surface area contributed by atoms with Crippen LogP contribution in [0.4, 0.5) is 13.2 Å². The molecule has 0 atom stereocenters. The van der Waals surface area contributed by atoms with Crippen LogP contribution in [-0.2, 0) is 6.18 Å². The number of rotatable bonds is 0. The molecular formula is C7H3F3N2O. The number of oxazole rings is 1. The summed E-state index contributed by atoms with van der Waals surface area (Å²) in [5.41, 5.74) is -0.625. The van der Waals surface area contributed by atoms with E-state index in [0.29, 0.717) is 0 Å². The van der Waals surface area contributed by atoms with E-state index in [-0.39, 0.29) is 11.2 Å². The summed E-state index contributed by atoms with van der Waals surface area (Å²) >= 11 is 0. The molecule has 2 aromatic heterocycles. The SMILES string of the molecule is FC(F)(F)c1cnc2ncoc2c1. The van der Waals surface area contributed by atoms with Crippen molar-refractivity contribution < 1.29 is 17.6 Å². The van der Waals surface area contributed by atoms with Crippen LogP contribution >= 0.6 is 0 Å². The topological polar surface area (TPSA) is 38.9 Å². The summed E-state index contributed by atoms with van der Waals surface area (Å²) in [6.07, 6.45) is -2.61. The minimum absolute atomic E-state index is 0.0369. The van der Waals surface area contributed by atoms with Gasteiger partial charge in [0.1, 0.15) is 0 Å². The van der Waals surface area contributed by atoms with E-state index < -0.39 is 11.7 Å². The second-order valence-corrected chi connectivity index (χ2v) is 2.40. The van der Waals surface area contributed by atoms with Crippen molar-refractivity contribution in [2.75, 3.05) is 0 Å². The van der Waals surface area contributed by atoms with Crippen LogP contribution in [0, 0.1) is 0 Å². The van der Waals surface area contributed by atoms with Crippen LogP contribution in [-0.4, -0.2) is 9.97 Å². The van der Waals surface area contributed by atoms with Crippen molar-refractivity contribution in [3.05, 3.63) is 24.2 Å². The minimum Gasteiger partial charge on any atom is -0.442 e. The van der Waals surface area contributed by atoms with Gasteiger partial charge in [0.05, 0.1) is 5.56 Å². The lowest BCUT2D eigenvalue weighted by atomic mass is 10.3. The number of hydrogen-bond acceptors (Lipinski definition) is 3. The third-order valence-electron chi connectivity index (χ3n) is 1.51. The zero-order valence-electron chi connectivity index (χ0n) is 6.17. The Balaban J connectivity index is 2.61. The molecule has 0 saturated carbocycles. The van der Waals surface area contributed by atoms with Gasteiger partial charge in [0, 0.05) is 6.20 Å². The smallest absolute Gasteiger partial charge is 0.418 e. The summed E-state index contributed by atoms with van der Waals surface area (Å²) in [5, 5.41) is 0. The van der Waals surface area contributed by atoms with Crippen LogP contribution in [0.25, 0.3) is 11.2 Å². The predicted molar refractivity (Wildman–Crippen MR) is 36.8 cm³/mol. The standard InChI is InChI=1S/C7H3F3N2O/c8-7(9,10)4-1-5-6(11-2-4)12-3-13-5/h1-3H. The highest BCUT2D eigenvalue weighted by Gasteiger charge is 2.31. The molecule has 6 heteroatoms. The predicted octanol–water partition coefficient (Wildman–Crippen LogP) is 2.24. The first-order chi connectivity index (χ1) is 6.07. The van der Waals surface area contributed by atoms with E-state index >= 15 is 0 Å². The highest BCUT2D eigenvalue weighted by Crippen LogP contribution is 2.29. The summed E-state index contributed by atoms with van der Waals surface area (Å²) in [7, 11) is 0. The number of hydrogen-bond donors (Lipinski definition) is 0. The normalized spacial score (nSPS) is 12.2. The third kappa shape index (κ3) is 1.34. The fourth-order valence-corrected chi connectivity index (χ4v) is 0.909. The average Bonchev–Trinajstić information content (AvgIpc) is 2.47. The van der Waals surface area contributed by atoms with Crippen LogP contribution in [0.5, 0.6) is 0 Å². The molecule has 0 saturated heterocycles. The first-order valence-electron chi connectivity index (χ1n) is 3.34. The molecule has 3 nitrogen and oxygen atoms in total. The van der Waals surface area contributed by atoms with Gasteiger partial charge in [-0.1, -0.05) is 0 Å². The Morgan fingerprint density at radius 3 is 2.69 bits per heavy atom. The minimum atomic E-state index is -4.39. The molecule has 0 unspecified atom stereocenters. The molecule has 0 aromatic carbocycles. The maximum Gasteiger partial charge on any atom is 0.418 e. The number of nitrogens with zero attached hydrogens (tertiary/aromatic N) is 2. The lowest BCUT2D eigenvalue weighted by Crippen LogP contribution is -2.04. The van der Waals surface area contributed by atoms with E-state index in [1.807, 2.05) is 0 Å².